The zero-order valence-corrected chi connectivity index (χ0v) is 28.2. The van der Waals surface area contributed by atoms with Crippen LogP contribution in [0.25, 0.3) is 0 Å². The maximum Gasteiger partial charge on any atom is 0.240 e. The van der Waals surface area contributed by atoms with Gasteiger partial charge in [-0.1, -0.05) is 0 Å². The highest BCUT2D eigenvalue weighted by Crippen LogP contribution is 2.32. The third-order valence-electron chi connectivity index (χ3n) is 9.86. The van der Waals surface area contributed by atoms with Crippen molar-refractivity contribution in [3.05, 3.63) is 48.5 Å². The van der Waals surface area contributed by atoms with Crippen molar-refractivity contribution in [1.29, 1.82) is 0 Å². The van der Waals surface area contributed by atoms with E-state index >= 15 is 0 Å². The molecule has 44 heavy (non-hydrogen) atoms. The van der Waals surface area contributed by atoms with E-state index in [1.54, 1.807) is 0 Å². The number of carbonyl (C=O) groups is 2. The highest BCUT2D eigenvalue weighted by Gasteiger charge is 2.44. The number of nitrogens with two attached hydrogens (primary N) is 4. The smallest absolute Gasteiger partial charge is 0.240 e. The molecule has 2 fully saturated rings. The number of anilines is 4. The van der Waals surface area contributed by atoms with Crippen LogP contribution in [0.5, 0.6) is 0 Å². The van der Waals surface area contributed by atoms with Gasteiger partial charge in [-0.25, -0.2) is 0 Å². The number of halogens is 2. The van der Waals surface area contributed by atoms with Crippen molar-refractivity contribution >= 4 is 34.6 Å². The lowest BCUT2D eigenvalue weighted by Crippen LogP contribution is -3.00. The molecule has 4 rings (SSSR count). The van der Waals surface area contributed by atoms with Gasteiger partial charge in [-0.2, -0.15) is 0 Å². The van der Waals surface area contributed by atoms with Gasteiger partial charge in [0.25, 0.3) is 0 Å². The van der Waals surface area contributed by atoms with Crippen LogP contribution in [0.2, 0.25) is 0 Å². The van der Waals surface area contributed by atoms with E-state index in [0.717, 1.165) is 72.2 Å². The molecule has 2 aromatic carbocycles. The molecule has 4 unspecified atom stereocenters. The predicted octanol–water partition coefficient (Wildman–Crippen LogP) is -3.86. The molecule has 246 valence electrons. The minimum absolute atomic E-state index is 0. The number of hydrogen-bond acceptors (Lipinski definition) is 6. The van der Waals surface area contributed by atoms with Crippen LogP contribution in [-0.2, 0) is 9.59 Å². The van der Waals surface area contributed by atoms with Crippen LogP contribution in [0.3, 0.4) is 0 Å². The number of benzene rings is 2. The standard InChI is InChI=1S/C32H50N8O2.2ClH/c1-39(2,27-19-29(31(35)41)37(21-27)25-13-9-23(33)10-14-25)17-7-5-6-8-18-40(3,4)28-20-30(32(36)42)38(22-28)26-15-11-24(34)12-16-26;;/h9-16,27-30H,5-8,17-22,33-34H2,1-4H3,(H2-2,35,36,41,42);2*1H. The fourth-order valence-electron chi connectivity index (χ4n) is 6.84. The summed E-state index contributed by atoms with van der Waals surface area (Å²) in [5.41, 5.74) is 26.8. The highest BCUT2D eigenvalue weighted by molar-refractivity contribution is 5.85. The third kappa shape index (κ3) is 8.84. The molecule has 2 heterocycles. The van der Waals surface area contributed by atoms with Crippen LogP contribution < -0.4 is 57.5 Å². The van der Waals surface area contributed by atoms with E-state index in [1.807, 2.05) is 48.5 Å². The maximum atomic E-state index is 12.3. The number of quaternary nitrogens is 2. The number of amides is 2. The van der Waals surface area contributed by atoms with Gasteiger partial charge in [0.15, 0.2) is 0 Å². The average molecular weight is 652 g/mol. The molecule has 2 aliphatic heterocycles. The molecule has 4 atom stereocenters. The Morgan fingerprint density at radius 2 is 0.955 bits per heavy atom. The predicted molar refractivity (Wildman–Crippen MR) is 172 cm³/mol. The lowest BCUT2D eigenvalue weighted by molar-refractivity contribution is -0.913. The molecule has 0 spiro atoms. The van der Waals surface area contributed by atoms with E-state index in [0.29, 0.717) is 23.5 Å². The van der Waals surface area contributed by atoms with Gasteiger partial charge >= 0.3 is 0 Å². The number of likely N-dealkylation sites (N-methyl/N-ethyl adjacent to an activating group) is 2. The molecule has 2 saturated heterocycles. The fourth-order valence-corrected chi connectivity index (χ4v) is 6.84. The Balaban J connectivity index is 0.00000337. The van der Waals surface area contributed by atoms with Crippen LogP contribution in [0.15, 0.2) is 48.5 Å². The van der Waals surface area contributed by atoms with Crippen molar-refractivity contribution < 1.29 is 43.4 Å². The Kier molecular flexibility index (Phi) is 13.0. The molecule has 2 aliphatic rings. The van der Waals surface area contributed by atoms with Crippen molar-refractivity contribution in [1.82, 2.24) is 0 Å². The summed E-state index contributed by atoms with van der Waals surface area (Å²) in [7, 11) is 9.10. The van der Waals surface area contributed by atoms with Crippen LogP contribution in [-0.4, -0.2) is 99.3 Å². The van der Waals surface area contributed by atoms with E-state index in [1.165, 1.54) is 12.8 Å². The molecular weight excluding hydrogens is 599 g/mol. The Hall–Kier alpha value is -2.92. The molecule has 0 saturated carbocycles. The quantitative estimate of drug-likeness (QED) is 0.0992. The highest BCUT2D eigenvalue weighted by atomic mass is 35.5. The Labute approximate surface area is 275 Å². The lowest BCUT2D eigenvalue weighted by atomic mass is 10.1. The van der Waals surface area contributed by atoms with Gasteiger partial charge in [0.05, 0.1) is 54.4 Å². The van der Waals surface area contributed by atoms with Crippen molar-refractivity contribution in [3.63, 3.8) is 0 Å². The van der Waals surface area contributed by atoms with Gasteiger partial charge in [-0.15, -0.1) is 0 Å². The average Bonchev–Trinajstić information content (AvgIpc) is 3.59. The normalized spacial score (nSPS) is 21.9. The second kappa shape index (κ2) is 15.4. The number of hydrogen-bond donors (Lipinski definition) is 4. The first-order valence-electron chi connectivity index (χ1n) is 15.3. The summed E-state index contributed by atoms with van der Waals surface area (Å²) in [6, 6.07) is 15.5. The summed E-state index contributed by atoms with van der Waals surface area (Å²) in [5.74, 6) is -0.535. The number of unbranched alkanes of at least 4 members (excludes halogenated alkanes) is 3. The molecule has 10 nitrogen and oxygen atoms in total. The topological polar surface area (TPSA) is 145 Å². The zero-order valence-electron chi connectivity index (χ0n) is 26.7. The fraction of sp³-hybridized carbons (Fsp3) is 0.562. The maximum absolute atomic E-state index is 12.3. The molecule has 0 bridgehead atoms. The van der Waals surface area contributed by atoms with Gasteiger partial charge in [-0.3, -0.25) is 9.59 Å². The zero-order chi connectivity index (χ0) is 30.7. The Bertz CT molecular complexity index is 1130. The van der Waals surface area contributed by atoms with E-state index in [2.05, 4.69) is 38.0 Å². The Morgan fingerprint density at radius 1 is 0.636 bits per heavy atom. The largest absolute Gasteiger partial charge is 1.00 e. The van der Waals surface area contributed by atoms with Gasteiger partial charge in [0.2, 0.25) is 11.8 Å². The van der Waals surface area contributed by atoms with E-state index in [9.17, 15) is 9.59 Å². The van der Waals surface area contributed by atoms with E-state index < -0.39 is 0 Å². The number of rotatable bonds is 13. The van der Waals surface area contributed by atoms with Crippen molar-refractivity contribution in [3.8, 4) is 0 Å². The summed E-state index contributed by atoms with van der Waals surface area (Å²) in [5, 5.41) is 0. The molecule has 12 heteroatoms. The Morgan fingerprint density at radius 3 is 1.25 bits per heavy atom. The first-order chi connectivity index (χ1) is 19.8. The third-order valence-corrected chi connectivity index (χ3v) is 9.86. The second-order valence-corrected chi connectivity index (χ2v) is 13.5. The first-order valence-corrected chi connectivity index (χ1v) is 15.3. The van der Waals surface area contributed by atoms with Gasteiger partial charge in [-0.05, 0) is 74.2 Å². The monoisotopic (exact) mass is 650 g/mol. The summed E-state index contributed by atoms with van der Waals surface area (Å²) in [4.78, 5) is 28.9. The SMILES string of the molecule is C[N+](C)(CCCCCC[N+](C)(C)C1CC(C(N)=O)N(c2ccc(N)cc2)C1)C1CC(C(N)=O)N(c2ccc(N)cc2)C1.[Cl-].[Cl-]. The van der Waals surface area contributed by atoms with E-state index in [4.69, 9.17) is 22.9 Å². The molecule has 0 radical (unpaired) electrons. The number of nitrogens with zero attached hydrogens (tertiary/aromatic N) is 4. The first kappa shape index (κ1) is 37.3. The van der Waals surface area contributed by atoms with Crippen LogP contribution >= 0.6 is 0 Å². The minimum atomic E-state index is -0.295. The number of carbonyl (C=O) groups excluding carboxylic acids is 2. The molecule has 0 aliphatic carbocycles. The van der Waals surface area contributed by atoms with Crippen molar-refractivity contribution in [2.75, 3.05) is 75.6 Å². The summed E-state index contributed by atoms with van der Waals surface area (Å²) in [6.07, 6.45) is 6.14. The molecule has 2 aromatic rings. The van der Waals surface area contributed by atoms with Gasteiger partial charge in [0.1, 0.15) is 24.2 Å². The van der Waals surface area contributed by atoms with Crippen LogP contribution in [0.4, 0.5) is 22.7 Å². The number of nitrogen functional groups attached to an aromatic ring is 2. The van der Waals surface area contributed by atoms with Gasteiger partial charge in [0, 0.05) is 35.6 Å². The molecule has 2 amide bonds. The lowest BCUT2D eigenvalue weighted by Gasteiger charge is -2.37. The summed E-state index contributed by atoms with van der Waals surface area (Å²) >= 11 is 0. The molecule has 8 N–H and O–H groups in total. The van der Waals surface area contributed by atoms with E-state index in [-0.39, 0.29) is 48.7 Å². The summed E-state index contributed by atoms with van der Waals surface area (Å²) in [6.45, 7) is 3.72. The minimum Gasteiger partial charge on any atom is -1.00 e. The van der Waals surface area contributed by atoms with Crippen LogP contribution in [0.1, 0.15) is 38.5 Å². The second-order valence-electron chi connectivity index (χ2n) is 13.5. The van der Waals surface area contributed by atoms with Gasteiger partial charge < -0.3 is 66.5 Å². The molecular formula is C32H52Cl2N8O2. The van der Waals surface area contributed by atoms with Crippen LogP contribution in [0, 0.1) is 0 Å². The van der Waals surface area contributed by atoms with Crippen molar-refractivity contribution in [2.45, 2.75) is 62.7 Å². The van der Waals surface area contributed by atoms with Crippen molar-refractivity contribution in [2.24, 2.45) is 11.5 Å². The molecule has 0 aromatic heterocycles. The summed E-state index contributed by atoms with van der Waals surface area (Å²) < 4.78 is 1.74. The number of primary amides is 2.